The van der Waals surface area contributed by atoms with Gasteiger partial charge in [0.2, 0.25) is 10.0 Å². The highest BCUT2D eigenvalue weighted by Crippen LogP contribution is 2.27. The number of aromatic nitrogens is 1. The number of anilines is 1. The summed E-state index contributed by atoms with van der Waals surface area (Å²) in [6, 6.07) is 3.77. The second-order valence-electron chi connectivity index (χ2n) is 7.34. The number of hydrogen-bond acceptors (Lipinski definition) is 5. The SMILES string of the molecule is CCC(CC)C1CC(Nc2ccc(S(=O)(=O)N3CCCC3)cn2)CCO1. The Morgan fingerprint density at radius 3 is 2.62 bits per heavy atom. The molecule has 0 spiro atoms. The minimum atomic E-state index is -3.39. The molecule has 7 heteroatoms. The quantitative estimate of drug-likeness (QED) is 0.785. The van der Waals surface area contributed by atoms with Gasteiger partial charge < -0.3 is 10.1 Å². The molecule has 1 aromatic heterocycles. The molecule has 26 heavy (non-hydrogen) atoms. The Balaban J connectivity index is 1.62. The normalized spacial score (nSPS) is 24.9. The molecule has 2 aliphatic rings. The van der Waals surface area contributed by atoms with Gasteiger partial charge in [0.1, 0.15) is 10.7 Å². The van der Waals surface area contributed by atoms with Gasteiger partial charge in [-0.3, -0.25) is 0 Å². The molecule has 2 saturated heterocycles. The van der Waals surface area contributed by atoms with Crippen LogP contribution in [-0.4, -0.2) is 49.5 Å². The van der Waals surface area contributed by atoms with Crippen LogP contribution in [0.15, 0.2) is 23.2 Å². The molecular formula is C19H31N3O3S. The molecule has 1 aromatic rings. The van der Waals surface area contributed by atoms with Crippen molar-refractivity contribution in [2.45, 2.75) is 69.4 Å². The van der Waals surface area contributed by atoms with Crippen LogP contribution in [0.4, 0.5) is 5.82 Å². The van der Waals surface area contributed by atoms with Gasteiger partial charge in [-0.05, 0) is 43.7 Å². The van der Waals surface area contributed by atoms with E-state index in [2.05, 4.69) is 24.1 Å². The first kappa shape index (κ1) is 19.6. The van der Waals surface area contributed by atoms with E-state index in [4.69, 9.17) is 4.74 Å². The Bertz CT molecular complexity index is 668. The molecule has 0 radical (unpaired) electrons. The highest BCUT2D eigenvalue weighted by Gasteiger charge is 2.29. The number of ether oxygens (including phenoxy) is 1. The topological polar surface area (TPSA) is 71.5 Å². The summed E-state index contributed by atoms with van der Waals surface area (Å²) in [6.45, 7) is 6.43. The summed E-state index contributed by atoms with van der Waals surface area (Å²) in [5.41, 5.74) is 0. The van der Waals surface area contributed by atoms with Crippen molar-refractivity contribution in [3.05, 3.63) is 18.3 Å². The van der Waals surface area contributed by atoms with E-state index >= 15 is 0 Å². The lowest BCUT2D eigenvalue weighted by Gasteiger charge is -2.34. The highest BCUT2D eigenvalue weighted by molar-refractivity contribution is 7.89. The van der Waals surface area contributed by atoms with E-state index < -0.39 is 10.0 Å². The minimum absolute atomic E-state index is 0.284. The van der Waals surface area contributed by atoms with Crippen molar-refractivity contribution in [2.24, 2.45) is 5.92 Å². The van der Waals surface area contributed by atoms with Crippen molar-refractivity contribution >= 4 is 15.8 Å². The van der Waals surface area contributed by atoms with E-state index in [1.165, 1.54) is 6.20 Å². The van der Waals surface area contributed by atoms with E-state index in [1.54, 1.807) is 16.4 Å². The molecule has 3 rings (SSSR count). The Labute approximate surface area is 157 Å². The first-order valence-corrected chi connectivity index (χ1v) is 11.3. The fraction of sp³-hybridized carbons (Fsp3) is 0.737. The molecule has 3 heterocycles. The minimum Gasteiger partial charge on any atom is -0.378 e. The van der Waals surface area contributed by atoms with Crippen LogP contribution in [0.3, 0.4) is 0 Å². The second kappa shape index (κ2) is 8.67. The van der Waals surface area contributed by atoms with Gasteiger partial charge in [0.25, 0.3) is 0 Å². The average Bonchev–Trinajstić information content (AvgIpc) is 3.19. The predicted molar refractivity (Wildman–Crippen MR) is 103 cm³/mol. The Kier molecular flexibility index (Phi) is 6.53. The molecule has 0 saturated carbocycles. The van der Waals surface area contributed by atoms with E-state index in [0.29, 0.717) is 31.2 Å². The molecular weight excluding hydrogens is 350 g/mol. The molecule has 2 aliphatic heterocycles. The number of nitrogens with one attached hydrogen (secondary N) is 1. The van der Waals surface area contributed by atoms with Crippen molar-refractivity contribution < 1.29 is 13.2 Å². The standard InChI is InChI=1S/C19H31N3O3S/c1-3-15(4-2)18-13-16(9-12-25-18)21-19-8-7-17(14-20-19)26(23,24)22-10-5-6-11-22/h7-8,14-16,18H,3-6,9-13H2,1-2H3,(H,20,21). The summed E-state index contributed by atoms with van der Waals surface area (Å²) in [6.07, 6.45) is 7.85. The predicted octanol–water partition coefficient (Wildman–Crippen LogP) is 3.26. The first-order chi connectivity index (χ1) is 12.5. The summed E-state index contributed by atoms with van der Waals surface area (Å²) >= 11 is 0. The summed E-state index contributed by atoms with van der Waals surface area (Å²) in [5.74, 6) is 1.33. The lowest BCUT2D eigenvalue weighted by Crippen LogP contribution is -2.38. The van der Waals surface area contributed by atoms with Crippen molar-refractivity contribution in [1.29, 1.82) is 0 Å². The van der Waals surface area contributed by atoms with Crippen LogP contribution >= 0.6 is 0 Å². The third-order valence-corrected chi connectivity index (χ3v) is 7.56. The second-order valence-corrected chi connectivity index (χ2v) is 9.28. The fourth-order valence-corrected chi connectivity index (χ4v) is 5.47. The highest BCUT2D eigenvalue weighted by atomic mass is 32.2. The molecule has 1 N–H and O–H groups in total. The fourth-order valence-electron chi connectivity index (χ4n) is 4.01. The Hall–Kier alpha value is -1.18. The molecule has 6 nitrogen and oxygen atoms in total. The third kappa shape index (κ3) is 4.38. The van der Waals surface area contributed by atoms with Crippen molar-refractivity contribution in [2.75, 3.05) is 25.0 Å². The number of sulfonamides is 1. The average molecular weight is 382 g/mol. The summed E-state index contributed by atoms with van der Waals surface area (Å²) in [7, 11) is -3.39. The van der Waals surface area contributed by atoms with Crippen LogP contribution in [0.5, 0.6) is 0 Å². The van der Waals surface area contributed by atoms with Gasteiger partial charge in [-0.25, -0.2) is 13.4 Å². The number of pyridine rings is 1. The first-order valence-electron chi connectivity index (χ1n) is 9.89. The van der Waals surface area contributed by atoms with Crippen molar-refractivity contribution in [1.82, 2.24) is 9.29 Å². The van der Waals surface area contributed by atoms with Crippen LogP contribution in [-0.2, 0) is 14.8 Å². The smallest absolute Gasteiger partial charge is 0.244 e. The van der Waals surface area contributed by atoms with Gasteiger partial charge in [0.05, 0.1) is 6.10 Å². The molecule has 2 fully saturated rings. The molecule has 2 unspecified atom stereocenters. The van der Waals surface area contributed by atoms with Crippen molar-refractivity contribution in [3.63, 3.8) is 0 Å². The molecule has 146 valence electrons. The maximum absolute atomic E-state index is 12.6. The largest absolute Gasteiger partial charge is 0.378 e. The van der Waals surface area contributed by atoms with Crippen LogP contribution in [0.25, 0.3) is 0 Å². The van der Waals surface area contributed by atoms with Gasteiger partial charge in [0, 0.05) is 31.9 Å². The Morgan fingerprint density at radius 2 is 2.00 bits per heavy atom. The van der Waals surface area contributed by atoms with Gasteiger partial charge in [0.15, 0.2) is 0 Å². The summed E-state index contributed by atoms with van der Waals surface area (Å²) in [4.78, 5) is 4.65. The maximum Gasteiger partial charge on any atom is 0.244 e. The summed E-state index contributed by atoms with van der Waals surface area (Å²) < 4.78 is 32.7. The van der Waals surface area contributed by atoms with E-state index in [9.17, 15) is 8.42 Å². The number of nitrogens with zero attached hydrogens (tertiary/aromatic N) is 2. The zero-order chi connectivity index (χ0) is 18.6. The lowest BCUT2D eigenvalue weighted by molar-refractivity contribution is -0.0271. The summed E-state index contributed by atoms with van der Waals surface area (Å²) in [5, 5.41) is 3.46. The van der Waals surface area contributed by atoms with Gasteiger partial charge >= 0.3 is 0 Å². The molecule has 0 amide bonds. The van der Waals surface area contributed by atoms with Gasteiger partial charge in [-0.15, -0.1) is 0 Å². The van der Waals surface area contributed by atoms with Crippen LogP contribution < -0.4 is 5.32 Å². The van der Waals surface area contributed by atoms with Crippen LogP contribution in [0.2, 0.25) is 0 Å². The van der Waals surface area contributed by atoms with Gasteiger partial charge in [-0.2, -0.15) is 4.31 Å². The number of rotatable bonds is 7. The zero-order valence-electron chi connectivity index (χ0n) is 15.9. The van der Waals surface area contributed by atoms with Gasteiger partial charge in [-0.1, -0.05) is 26.7 Å². The van der Waals surface area contributed by atoms with Crippen LogP contribution in [0.1, 0.15) is 52.4 Å². The van der Waals surface area contributed by atoms with E-state index in [-0.39, 0.29) is 4.90 Å². The molecule has 2 atom stereocenters. The molecule has 0 aromatic carbocycles. The maximum atomic E-state index is 12.6. The molecule has 0 bridgehead atoms. The number of hydrogen-bond donors (Lipinski definition) is 1. The monoisotopic (exact) mass is 381 g/mol. The van der Waals surface area contributed by atoms with E-state index in [1.807, 2.05) is 0 Å². The Morgan fingerprint density at radius 1 is 1.27 bits per heavy atom. The van der Waals surface area contributed by atoms with Crippen molar-refractivity contribution in [3.8, 4) is 0 Å². The lowest BCUT2D eigenvalue weighted by atomic mass is 9.89. The third-order valence-electron chi connectivity index (χ3n) is 5.68. The van der Waals surface area contributed by atoms with Crippen LogP contribution in [0, 0.1) is 5.92 Å². The van der Waals surface area contributed by atoms with E-state index in [0.717, 1.165) is 50.9 Å². The zero-order valence-corrected chi connectivity index (χ0v) is 16.7. The molecule has 0 aliphatic carbocycles.